The van der Waals surface area contributed by atoms with Crippen molar-refractivity contribution in [1.82, 2.24) is 15.5 Å². The molecule has 0 bridgehead atoms. The predicted molar refractivity (Wildman–Crippen MR) is 132 cm³/mol. The largest absolute Gasteiger partial charge is 0.444 e. The second-order valence-electron chi connectivity index (χ2n) is 10.3. The number of amides is 3. The normalized spacial score (nSPS) is 14.4. The lowest BCUT2D eigenvalue weighted by Gasteiger charge is -2.39. The van der Waals surface area contributed by atoms with Gasteiger partial charge in [-0.25, -0.2) is 4.79 Å². The summed E-state index contributed by atoms with van der Waals surface area (Å²) in [6.07, 6.45) is 0.0228. The maximum absolute atomic E-state index is 14.0. The summed E-state index contributed by atoms with van der Waals surface area (Å²) in [5, 5.41) is 5.74. The number of nitrogens with one attached hydrogen (secondary N) is 2. The van der Waals surface area contributed by atoms with Crippen molar-refractivity contribution in [1.29, 1.82) is 0 Å². The Morgan fingerprint density at radius 1 is 1.00 bits per heavy atom. The Bertz CT molecular complexity index is 814. The van der Waals surface area contributed by atoms with Crippen molar-refractivity contribution in [2.24, 2.45) is 5.92 Å². The highest BCUT2D eigenvalue weighted by Crippen LogP contribution is 2.29. The standard InChI is InChI=1S/C26H43N3O4/c1-11-18(6)21(28-25(32)33-26(8,9)10)24(31)29(17(4)5)22(23(30)27-16(2)3)20-15-13-12-14-19(20)7/h12-18,21-22H,11H2,1-10H3,(H,27,30)(H,28,32). The van der Waals surface area contributed by atoms with Crippen molar-refractivity contribution >= 4 is 17.9 Å². The molecule has 3 unspecified atom stereocenters. The number of benzene rings is 1. The van der Waals surface area contributed by atoms with Gasteiger partial charge in [-0.2, -0.15) is 0 Å². The number of nitrogens with zero attached hydrogens (tertiary/aromatic N) is 1. The molecule has 3 amide bonds. The number of carbonyl (C=O) groups excluding carboxylic acids is 3. The van der Waals surface area contributed by atoms with Crippen molar-refractivity contribution in [3.05, 3.63) is 35.4 Å². The fourth-order valence-electron chi connectivity index (χ4n) is 3.63. The van der Waals surface area contributed by atoms with Crippen LogP contribution in [-0.2, 0) is 14.3 Å². The van der Waals surface area contributed by atoms with Gasteiger partial charge in [0.25, 0.3) is 0 Å². The van der Waals surface area contributed by atoms with E-state index in [0.29, 0.717) is 6.42 Å². The number of alkyl carbamates (subject to hydrolysis) is 1. The quantitative estimate of drug-likeness (QED) is 0.556. The van der Waals surface area contributed by atoms with E-state index in [1.165, 1.54) is 0 Å². The molecular weight excluding hydrogens is 418 g/mol. The van der Waals surface area contributed by atoms with E-state index in [9.17, 15) is 14.4 Å². The van der Waals surface area contributed by atoms with Crippen molar-refractivity contribution < 1.29 is 19.1 Å². The third-order valence-electron chi connectivity index (χ3n) is 5.40. The van der Waals surface area contributed by atoms with Crippen LogP contribution in [0.5, 0.6) is 0 Å². The van der Waals surface area contributed by atoms with Crippen LogP contribution >= 0.6 is 0 Å². The molecular formula is C26H43N3O4. The van der Waals surface area contributed by atoms with Crippen LogP contribution in [0.4, 0.5) is 4.79 Å². The lowest BCUT2D eigenvalue weighted by molar-refractivity contribution is -0.145. The fourth-order valence-corrected chi connectivity index (χ4v) is 3.63. The van der Waals surface area contributed by atoms with E-state index in [4.69, 9.17) is 4.74 Å². The summed E-state index contributed by atoms with van der Waals surface area (Å²) in [6.45, 7) is 18.7. The van der Waals surface area contributed by atoms with Gasteiger partial charge in [0, 0.05) is 12.1 Å². The zero-order chi connectivity index (χ0) is 25.5. The Hall–Kier alpha value is -2.57. The van der Waals surface area contributed by atoms with Gasteiger partial charge in [-0.1, -0.05) is 44.5 Å². The maximum atomic E-state index is 14.0. The Labute approximate surface area is 199 Å². The number of rotatable bonds is 9. The SMILES string of the molecule is CCC(C)C(NC(=O)OC(C)(C)C)C(=O)N(C(C)C)C(C(=O)NC(C)C)c1ccccc1C. The molecule has 0 fully saturated rings. The number of ether oxygens (including phenoxy) is 1. The highest BCUT2D eigenvalue weighted by Gasteiger charge is 2.39. The highest BCUT2D eigenvalue weighted by atomic mass is 16.6. The second kappa shape index (κ2) is 12.1. The number of hydrogen-bond donors (Lipinski definition) is 2. The van der Waals surface area contributed by atoms with Crippen LogP contribution in [-0.4, -0.2) is 46.5 Å². The van der Waals surface area contributed by atoms with Crippen molar-refractivity contribution in [3.63, 3.8) is 0 Å². The minimum atomic E-state index is -0.828. The first-order valence-corrected chi connectivity index (χ1v) is 11.9. The molecule has 1 aromatic rings. The van der Waals surface area contributed by atoms with E-state index in [0.717, 1.165) is 11.1 Å². The third-order valence-corrected chi connectivity index (χ3v) is 5.40. The van der Waals surface area contributed by atoms with Crippen LogP contribution in [0.25, 0.3) is 0 Å². The van der Waals surface area contributed by atoms with Gasteiger partial charge in [0.1, 0.15) is 17.7 Å². The molecule has 7 nitrogen and oxygen atoms in total. The van der Waals surface area contributed by atoms with E-state index in [1.54, 1.807) is 25.7 Å². The zero-order valence-corrected chi connectivity index (χ0v) is 22.0. The lowest BCUT2D eigenvalue weighted by atomic mass is 9.93. The summed E-state index contributed by atoms with van der Waals surface area (Å²) < 4.78 is 5.42. The first-order chi connectivity index (χ1) is 15.2. The molecule has 0 aliphatic rings. The molecule has 7 heteroatoms. The topological polar surface area (TPSA) is 87.7 Å². The summed E-state index contributed by atoms with van der Waals surface area (Å²) in [5.41, 5.74) is 0.990. The van der Waals surface area contributed by atoms with Crippen molar-refractivity contribution in [2.75, 3.05) is 0 Å². The molecule has 0 heterocycles. The van der Waals surface area contributed by atoms with Gasteiger partial charge in [-0.15, -0.1) is 0 Å². The lowest BCUT2D eigenvalue weighted by Crippen LogP contribution is -2.57. The predicted octanol–water partition coefficient (Wildman–Crippen LogP) is 4.74. The highest BCUT2D eigenvalue weighted by molar-refractivity contribution is 5.92. The second-order valence-corrected chi connectivity index (χ2v) is 10.3. The van der Waals surface area contributed by atoms with Crippen molar-refractivity contribution in [2.45, 2.75) is 105 Å². The molecule has 0 saturated heterocycles. The Morgan fingerprint density at radius 3 is 2.03 bits per heavy atom. The molecule has 0 aliphatic heterocycles. The van der Waals surface area contributed by atoms with Crippen LogP contribution in [0.2, 0.25) is 0 Å². The average Bonchev–Trinajstić information content (AvgIpc) is 2.67. The van der Waals surface area contributed by atoms with E-state index < -0.39 is 23.8 Å². The molecule has 33 heavy (non-hydrogen) atoms. The van der Waals surface area contributed by atoms with E-state index in [2.05, 4.69) is 10.6 Å². The average molecular weight is 462 g/mol. The van der Waals surface area contributed by atoms with Gasteiger partial charge in [0.15, 0.2) is 0 Å². The van der Waals surface area contributed by atoms with Crippen LogP contribution < -0.4 is 10.6 Å². The Balaban J connectivity index is 3.50. The van der Waals surface area contributed by atoms with Gasteiger partial charge in [0.05, 0.1) is 0 Å². The molecule has 0 saturated carbocycles. The van der Waals surface area contributed by atoms with Gasteiger partial charge in [-0.3, -0.25) is 9.59 Å². The van der Waals surface area contributed by atoms with Crippen LogP contribution in [0.1, 0.15) is 85.9 Å². The van der Waals surface area contributed by atoms with Gasteiger partial charge >= 0.3 is 6.09 Å². The first kappa shape index (κ1) is 28.5. The minimum Gasteiger partial charge on any atom is -0.444 e. The summed E-state index contributed by atoms with van der Waals surface area (Å²) in [4.78, 5) is 41.6. The fraction of sp³-hybridized carbons (Fsp3) is 0.654. The van der Waals surface area contributed by atoms with Gasteiger partial charge < -0.3 is 20.3 Å². The minimum absolute atomic E-state index is 0.0848. The van der Waals surface area contributed by atoms with Crippen LogP contribution in [0.3, 0.4) is 0 Å². The van der Waals surface area contributed by atoms with E-state index >= 15 is 0 Å². The molecule has 0 radical (unpaired) electrons. The molecule has 0 aromatic heterocycles. The summed E-state index contributed by atoms with van der Waals surface area (Å²) >= 11 is 0. The monoisotopic (exact) mass is 461 g/mol. The molecule has 0 aliphatic carbocycles. The maximum Gasteiger partial charge on any atom is 0.408 e. The molecule has 1 aromatic carbocycles. The zero-order valence-electron chi connectivity index (χ0n) is 22.0. The first-order valence-electron chi connectivity index (χ1n) is 11.9. The number of hydrogen-bond acceptors (Lipinski definition) is 4. The Morgan fingerprint density at radius 2 is 1.58 bits per heavy atom. The summed E-state index contributed by atoms with van der Waals surface area (Å²) in [5.74, 6) is -0.712. The van der Waals surface area contributed by atoms with Gasteiger partial charge in [0.2, 0.25) is 11.8 Å². The molecule has 2 N–H and O–H groups in total. The number of aryl methyl sites for hydroxylation is 1. The van der Waals surface area contributed by atoms with Crippen molar-refractivity contribution in [3.8, 4) is 0 Å². The van der Waals surface area contributed by atoms with E-state index in [1.807, 2.05) is 72.7 Å². The summed E-state index contributed by atoms with van der Waals surface area (Å²) in [7, 11) is 0. The van der Waals surface area contributed by atoms with Crippen LogP contribution in [0.15, 0.2) is 24.3 Å². The smallest absolute Gasteiger partial charge is 0.408 e. The Kier molecular flexibility index (Phi) is 10.4. The number of carbonyl (C=O) groups is 3. The van der Waals surface area contributed by atoms with Gasteiger partial charge in [-0.05, 0) is 72.4 Å². The third kappa shape index (κ3) is 8.37. The molecule has 1 rings (SSSR count). The van der Waals surface area contributed by atoms with E-state index in [-0.39, 0.29) is 29.8 Å². The molecule has 0 spiro atoms. The van der Waals surface area contributed by atoms with Crippen LogP contribution in [0, 0.1) is 12.8 Å². The molecule has 3 atom stereocenters. The molecule has 186 valence electrons. The summed E-state index contributed by atoms with van der Waals surface area (Å²) in [6, 6.07) is 5.56.